The average Bonchev–Trinajstić information content (AvgIpc) is 2.76. The lowest BCUT2D eigenvalue weighted by molar-refractivity contribution is 0.102. The van der Waals surface area contributed by atoms with E-state index in [1.165, 1.54) is 7.11 Å². The van der Waals surface area contributed by atoms with E-state index in [9.17, 15) is 9.59 Å². The predicted octanol–water partition coefficient (Wildman–Crippen LogP) is 4.42. The van der Waals surface area contributed by atoms with E-state index in [0.29, 0.717) is 28.3 Å². The summed E-state index contributed by atoms with van der Waals surface area (Å²) >= 11 is 0. The minimum atomic E-state index is -0.423. The SMILES string of the molecule is COc1ncccc1NC(=O)c1cccc2c(=O)c(C)c(-c3ccccc3)oc12. The van der Waals surface area contributed by atoms with Crippen LogP contribution in [-0.2, 0) is 0 Å². The molecule has 0 unspecified atom stereocenters. The van der Waals surface area contributed by atoms with Gasteiger partial charge in [0.25, 0.3) is 5.91 Å². The Labute approximate surface area is 166 Å². The summed E-state index contributed by atoms with van der Waals surface area (Å²) < 4.78 is 11.3. The van der Waals surface area contributed by atoms with Crippen LogP contribution in [0.3, 0.4) is 0 Å². The van der Waals surface area contributed by atoms with E-state index >= 15 is 0 Å². The molecule has 0 aliphatic rings. The molecule has 6 heteroatoms. The molecule has 2 aromatic carbocycles. The van der Waals surface area contributed by atoms with Gasteiger partial charge in [0.05, 0.1) is 18.1 Å². The number of nitrogens with zero attached hydrogens (tertiary/aromatic N) is 1. The fraction of sp³-hybridized carbons (Fsp3) is 0.0870. The van der Waals surface area contributed by atoms with Crippen LogP contribution in [0.25, 0.3) is 22.3 Å². The summed E-state index contributed by atoms with van der Waals surface area (Å²) in [6.07, 6.45) is 1.57. The van der Waals surface area contributed by atoms with Crippen molar-refractivity contribution in [3.8, 4) is 17.2 Å². The molecule has 0 bridgehead atoms. The highest BCUT2D eigenvalue weighted by Crippen LogP contribution is 2.28. The molecule has 0 fully saturated rings. The predicted molar refractivity (Wildman–Crippen MR) is 111 cm³/mol. The molecule has 1 N–H and O–H groups in total. The van der Waals surface area contributed by atoms with Gasteiger partial charge in [-0.05, 0) is 31.2 Å². The van der Waals surface area contributed by atoms with E-state index in [1.54, 1.807) is 43.5 Å². The second-order valence-corrected chi connectivity index (χ2v) is 6.45. The van der Waals surface area contributed by atoms with Crippen LogP contribution in [0.15, 0.2) is 76.1 Å². The van der Waals surface area contributed by atoms with Gasteiger partial charge in [-0.3, -0.25) is 9.59 Å². The van der Waals surface area contributed by atoms with Crippen molar-refractivity contribution in [2.24, 2.45) is 0 Å². The van der Waals surface area contributed by atoms with Crippen LogP contribution >= 0.6 is 0 Å². The van der Waals surface area contributed by atoms with E-state index in [0.717, 1.165) is 5.56 Å². The van der Waals surface area contributed by atoms with Crippen LogP contribution in [0.4, 0.5) is 5.69 Å². The van der Waals surface area contributed by atoms with Crippen molar-refractivity contribution in [1.29, 1.82) is 0 Å². The maximum absolute atomic E-state index is 13.0. The number of carbonyl (C=O) groups excluding carboxylic acids is 1. The fourth-order valence-corrected chi connectivity index (χ4v) is 3.19. The Balaban J connectivity index is 1.86. The largest absolute Gasteiger partial charge is 0.480 e. The lowest BCUT2D eigenvalue weighted by atomic mass is 10.0. The quantitative estimate of drug-likeness (QED) is 0.561. The molecule has 4 aromatic rings. The first kappa shape index (κ1) is 18.4. The highest BCUT2D eigenvalue weighted by atomic mass is 16.5. The number of amides is 1. The topological polar surface area (TPSA) is 81.4 Å². The molecule has 4 rings (SSSR count). The lowest BCUT2D eigenvalue weighted by Gasteiger charge is -2.12. The first-order chi connectivity index (χ1) is 14.1. The van der Waals surface area contributed by atoms with Gasteiger partial charge in [-0.2, -0.15) is 0 Å². The number of anilines is 1. The Morgan fingerprint density at radius 2 is 1.83 bits per heavy atom. The molecule has 6 nitrogen and oxygen atoms in total. The zero-order valence-corrected chi connectivity index (χ0v) is 15.9. The third-order valence-corrected chi connectivity index (χ3v) is 4.64. The number of hydrogen-bond donors (Lipinski definition) is 1. The molecule has 144 valence electrons. The maximum Gasteiger partial charge on any atom is 0.259 e. The Hall–Kier alpha value is -3.93. The summed E-state index contributed by atoms with van der Waals surface area (Å²) in [5, 5.41) is 3.13. The standard InChI is InChI=1S/C23H18N2O4/c1-14-19(26)16-10-6-11-17(21(16)29-20(14)15-8-4-3-5-9-15)22(27)25-18-12-7-13-24-23(18)28-2/h3-13H,1-2H3,(H,25,27). The van der Waals surface area contributed by atoms with Crippen LogP contribution in [0.5, 0.6) is 5.88 Å². The molecule has 0 aliphatic carbocycles. The van der Waals surface area contributed by atoms with Crippen LogP contribution in [0.2, 0.25) is 0 Å². The smallest absolute Gasteiger partial charge is 0.259 e. The fourth-order valence-electron chi connectivity index (χ4n) is 3.19. The number of aromatic nitrogens is 1. The molecule has 0 spiro atoms. The normalized spacial score (nSPS) is 10.7. The minimum Gasteiger partial charge on any atom is -0.480 e. The molecular formula is C23H18N2O4. The second-order valence-electron chi connectivity index (χ2n) is 6.45. The van der Waals surface area contributed by atoms with E-state index in [1.807, 2.05) is 30.3 Å². The molecule has 0 aliphatic heterocycles. The molecule has 0 atom stereocenters. The number of hydrogen-bond acceptors (Lipinski definition) is 5. The molecule has 0 saturated carbocycles. The summed E-state index contributed by atoms with van der Waals surface area (Å²) in [6.45, 7) is 1.72. The van der Waals surface area contributed by atoms with Gasteiger partial charge in [0.2, 0.25) is 5.88 Å². The van der Waals surface area contributed by atoms with Crippen LogP contribution in [0, 0.1) is 6.92 Å². The summed E-state index contributed by atoms with van der Waals surface area (Å²) in [5.74, 6) is 0.318. The molecular weight excluding hydrogens is 368 g/mol. The first-order valence-corrected chi connectivity index (χ1v) is 9.02. The zero-order valence-electron chi connectivity index (χ0n) is 15.9. The van der Waals surface area contributed by atoms with Crippen molar-refractivity contribution < 1.29 is 13.9 Å². The Morgan fingerprint density at radius 3 is 2.59 bits per heavy atom. The number of ether oxygens (including phenoxy) is 1. The van der Waals surface area contributed by atoms with Gasteiger partial charge in [-0.25, -0.2) is 4.98 Å². The van der Waals surface area contributed by atoms with Gasteiger partial charge >= 0.3 is 0 Å². The third-order valence-electron chi connectivity index (χ3n) is 4.64. The van der Waals surface area contributed by atoms with E-state index < -0.39 is 5.91 Å². The first-order valence-electron chi connectivity index (χ1n) is 9.02. The molecule has 1 amide bonds. The Morgan fingerprint density at radius 1 is 1.03 bits per heavy atom. The maximum atomic E-state index is 13.0. The number of para-hydroxylation sites is 1. The van der Waals surface area contributed by atoms with E-state index in [-0.39, 0.29) is 16.6 Å². The van der Waals surface area contributed by atoms with Crippen molar-refractivity contribution in [3.63, 3.8) is 0 Å². The van der Waals surface area contributed by atoms with Gasteiger partial charge in [0, 0.05) is 17.3 Å². The Bertz CT molecular complexity index is 1260. The van der Waals surface area contributed by atoms with Crippen molar-refractivity contribution in [2.75, 3.05) is 12.4 Å². The summed E-state index contributed by atoms with van der Waals surface area (Å²) in [7, 11) is 1.48. The molecule has 29 heavy (non-hydrogen) atoms. The van der Waals surface area contributed by atoms with Gasteiger partial charge < -0.3 is 14.5 Å². The van der Waals surface area contributed by atoms with Gasteiger partial charge in [-0.15, -0.1) is 0 Å². The number of fused-ring (bicyclic) bond motifs is 1. The third kappa shape index (κ3) is 3.36. The highest BCUT2D eigenvalue weighted by molar-refractivity contribution is 6.11. The molecule has 0 radical (unpaired) electrons. The summed E-state index contributed by atoms with van der Waals surface area (Å²) in [4.78, 5) is 30.0. The van der Waals surface area contributed by atoms with Crippen LogP contribution < -0.4 is 15.5 Å². The van der Waals surface area contributed by atoms with Gasteiger partial charge in [0.1, 0.15) is 11.4 Å². The van der Waals surface area contributed by atoms with Crippen molar-refractivity contribution in [2.45, 2.75) is 6.92 Å². The number of methoxy groups -OCH3 is 1. The van der Waals surface area contributed by atoms with Crippen molar-refractivity contribution >= 4 is 22.6 Å². The minimum absolute atomic E-state index is 0.168. The van der Waals surface area contributed by atoms with Crippen LogP contribution in [-0.4, -0.2) is 18.0 Å². The highest BCUT2D eigenvalue weighted by Gasteiger charge is 2.19. The van der Waals surface area contributed by atoms with Crippen LogP contribution in [0.1, 0.15) is 15.9 Å². The second kappa shape index (κ2) is 7.59. The van der Waals surface area contributed by atoms with Gasteiger partial charge in [0.15, 0.2) is 11.0 Å². The van der Waals surface area contributed by atoms with Crippen molar-refractivity contribution in [1.82, 2.24) is 4.98 Å². The average molecular weight is 386 g/mol. The number of rotatable bonds is 4. The van der Waals surface area contributed by atoms with E-state index in [2.05, 4.69) is 10.3 Å². The summed E-state index contributed by atoms with van der Waals surface area (Å²) in [6, 6.07) is 17.7. The van der Waals surface area contributed by atoms with Crippen molar-refractivity contribution in [3.05, 3.63) is 88.2 Å². The monoisotopic (exact) mass is 386 g/mol. The molecule has 2 aromatic heterocycles. The van der Waals surface area contributed by atoms with E-state index in [4.69, 9.17) is 9.15 Å². The zero-order chi connectivity index (χ0) is 20.4. The van der Waals surface area contributed by atoms with Gasteiger partial charge in [-0.1, -0.05) is 36.4 Å². The Kier molecular flexibility index (Phi) is 4.83. The number of nitrogens with one attached hydrogen (secondary N) is 1. The molecule has 0 saturated heterocycles. The molecule has 2 heterocycles. The summed E-state index contributed by atoms with van der Waals surface area (Å²) in [5.41, 5.74) is 2.02. The number of carbonyl (C=O) groups is 1. The number of pyridine rings is 1. The number of benzene rings is 2. The lowest BCUT2D eigenvalue weighted by Crippen LogP contribution is -2.15.